The highest BCUT2D eigenvalue weighted by Gasteiger charge is 2.44. The smallest absolute Gasteiger partial charge is 0.227 e. The first-order valence-corrected chi connectivity index (χ1v) is 6.78. The highest BCUT2D eigenvalue weighted by atomic mass is 16.3. The number of carbonyl (C=O) groups excluding carboxylic acids is 1. The fourth-order valence-electron chi connectivity index (χ4n) is 3.09. The standard InChI is InChI=1S/C13H24N2O2/c1-13(8-4-7-11(13)14)12(17)15-9-5-2-3-6-10(9)16/h9-11,16H,2-8,14H2,1H3,(H,15,17)/t9-,10-,11?,13?/m0/s1. The van der Waals surface area contributed by atoms with Gasteiger partial charge >= 0.3 is 0 Å². The minimum absolute atomic E-state index is 0.0356. The van der Waals surface area contributed by atoms with Crippen molar-refractivity contribution in [2.45, 2.75) is 70.1 Å². The van der Waals surface area contributed by atoms with Crippen molar-refractivity contribution in [2.75, 3.05) is 0 Å². The van der Waals surface area contributed by atoms with Gasteiger partial charge in [-0.2, -0.15) is 0 Å². The lowest BCUT2D eigenvalue weighted by molar-refractivity contribution is -0.132. The van der Waals surface area contributed by atoms with Crippen LogP contribution in [0.5, 0.6) is 0 Å². The third-order valence-corrected chi connectivity index (χ3v) is 4.59. The van der Waals surface area contributed by atoms with Gasteiger partial charge < -0.3 is 16.2 Å². The normalized spacial score (nSPS) is 42.4. The Hall–Kier alpha value is -0.610. The number of carbonyl (C=O) groups is 1. The van der Waals surface area contributed by atoms with E-state index >= 15 is 0 Å². The molecule has 17 heavy (non-hydrogen) atoms. The molecular formula is C13H24N2O2. The predicted molar refractivity (Wildman–Crippen MR) is 66.3 cm³/mol. The van der Waals surface area contributed by atoms with Crippen LogP contribution in [0.15, 0.2) is 0 Å². The van der Waals surface area contributed by atoms with Crippen molar-refractivity contribution in [3.8, 4) is 0 Å². The van der Waals surface area contributed by atoms with E-state index in [0.29, 0.717) is 0 Å². The molecule has 2 rings (SSSR count). The lowest BCUT2D eigenvalue weighted by atomic mass is 9.83. The number of nitrogens with two attached hydrogens (primary N) is 1. The highest BCUT2D eigenvalue weighted by Crippen LogP contribution is 2.37. The molecule has 0 aromatic carbocycles. The Kier molecular flexibility index (Phi) is 3.73. The number of rotatable bonds is 2. The van der Waals surface area contributed by atoms with Crippen molar-refractivity contribution in [3.63, 3.8) is 0 Å². The Bertz CT molecular complexity index is 295. The topological polar surface area (TPSA) is 75.3 Å². The summed E-state index contributed by atoms with van der Waals surface area (Å²) < 4.78 is 0. The van der Waals surface area contributed by atoms with Gasteiger partial charge in [-0.3, -0.25) is 4.79 Å². The van der Waals surface area contributed by atoms with E-state index < -0.39 is 5.41 Å². The molecular weight excluding hydrogens is 216 g/mol. The third kappa shape index (κ3) is 2.47. The largest absolute Gasteiger partial charge is 0.391 e. The van der Waals surface area contributed by atoms with Crippen LogP contribution in [-0.4, -0.2) is 29.2 Å². The van der Waals surface area contributed by atoms with Crippen molar-refractivity contribution >= 4 is 5.91 Å². The molecule has 2 aliphatic rings. The summed E-state index contributed by atoms with van der Waals surface area (Å²) in [4.78, 5) is 12.3. The molecule has 2 saturated carbocycles. The van der Waals surface area contributed by atoms with Crippen molar-refractivity contribution in [1.82, 2.24) is 5.32 Å². The molecule has 4 N–H and O–H groups in total. The molecule has 0 aromatic rings. The van der Waals surface area contributed by atoms with Gasteiger partial charge in [0.15, 0.2) is 0 Å². The third-order valence-electron chi connectivity index (χ3n) is 4.59. The molecule has 4 atom stereocenters. The molecule has 2 aliphatic carbocycles. The maximum absolute atomic E-state index is 12.3. The Labute approximate surface area is 103 Å². The number of aliphatic hydroxyl groups excluding tert-OH is 1. The van der Waals surface area contributed by atoms with Gasteiger partial charge in [-0.25, -0.2) is 0 Å². The van der Waals surface area contributed by atoms with E-state index in [1.807, 2.05) is 6.92 Å². The quantitative estimate of drug-likeness (QED) is 0.672. The minimum Gasteiger partial charge on any atom is -0.391 e. The lowest BCUT2D eigenvalue weighted by Crippen LogP contribution is -2.53. The summed E-state index contributed by atoms with van der Waals surface area (Å²) >= 11 is 0. The van der Waals surface area contributed by atoms with E-state index in [1.165, 1.54) is 0 Å². The second-order valence-corrected chi connectivity index (χ2v) is 5.85. The van der Waals surface area contributed by atoms with E-state index in [9.17, 15) is 9.90 Å². The zero-order valence-corrected chi connectivity index (χ0v) is 10.6. The van der Waals surface area contributed by atoms with Crippen LogP contribution >= 0.6 is 0 Å². The van der Waals surface area contributed by atoms with Crippen molar-refractivity contribution in [3.05, 3.63) is 0 Å². The average Bonchev–Trinajstić information content (AvgIpc) is 2.64. The number of amides is 1. The van der Waals surface area contributed by atoms with E-state index in [1.54, 1.807) is 0 Å². The highest BCUT2D eigenvalue weighted by molar-refractivity contribution is 5.83. The second-order valence-electron chi connectivity index (χ2n) is 5.85. The summed E-state index contributed by atoms with van der Waals surface area (Å²) in [6.07, 6.45) is 6.27. The van der Waals surface area contributed by atoms with Crippen molar-refractivity contribution < 1.29 is 9.90 Å². The number of aliphatic hydroxyl groups is 1. The summed E-state index contributed by atoms with van der Waals surface area (Å²) in [6, 6.07) is -0.107. The molecule has 0 spiro atoms. The second kappa shape index (κ2) is 4.94. The predicted octanol–water partition coefficient (Wildman–Crippen LogP) is 0.924. The van der Waals surface area contributed by atoms with Crippen molar-refractivity contribution in [1.29, 1.82) is 0 Å². The number of hydrogen-bond acceptors (Lipinski definition) is 3. The molecule has 0 heterocycles. The van der Waals surface area contributed by atoms with E-state index in [-0.39, 0.29) is 24.1 Å². The Morgan fingerprint density at radius 1 is 1.29 bits per heavy atom. The molecule has 0 radical (unpaired) electrons. The van der Waals surface area contributed by atoms with Crippen LogP contribution in [0.1, 0.15) is 51.9 Å². The van der Waals surface area contributed by atoms with Crippen LogP contribution in [0, 0.1) is 5.41 Å². The molecule has 2 unspecified atom stereocenters. The Morgan fingerprint density at radius 2 is 2.00 bits per heavy atom. The van der Waals surface area contributed by atoms with Crippen LogP contribution in [0.25, 0.3) is 0 Å². The number of hydrogen-bond donors (Lipinski definition) is 3. The maximum atomic E-state index is 12.3. The Balaban J connectivity index is 1.96. The van der Waals surface area contributed by atoms with Gasteiger partial charge in [0, 0.05) is 6.04 Å². The first-order chi connectivity index (χ1) is 8.04. The average molecular weight is 240 g/mol. The van der Waals surface area contributed by atoms with Gasteiger partial charge in [0.2, 0.25) is 5.91 Å². The fourth-order valence-corrected chi connectivity index (χ4v) is 3.09. The van der Waals surface area contributed by atoms with Crippen molar-refractivity contribution in [2.24, 2.45) is 11.1 Å². The summed E-state index contributed by atoms with van der Waals surface area (Å²) in [5.41, 5.74) is 5.60. The van der Waals surface area contributed by atoms with Crippen LogP contribution in [0.3, 0.4) is 0 Å². The number of nitrogens with one attached hydrogen (secondary N) is 1. The fraction of sp³-hybridized carbons (Fsp3) is 0.923. The van der Waals surface area contributed by atoms with Crippen LogP contribution in [0.2, 0.25) is 0 Å². The molecule has 98 valence electrons. The molecule has 0 bridgehead atoms. The summed E-state index contributed by atoms with van der Waals surface area (Å²) in [5.74, 6) is 0.0356. The molecule has 2 fully saturated rings. The van der Waals surface area contributed by atoms with E-state index in [0.717, 1.165) is 44.9 Å². The summed E-state index contributed by atoms with van der Waals surface area (Å²) in [6.45, 7) is 1.95. The van der Waals surface area contributed by atoms with E-state index in [4.69, 9.17) is 5.73 Å². The first kappa shape index (κ1) is 12.8. The van der Waals surface area contributed by atoms with Gasteiger partial charge in [-0.15, -0.1) is 0 Å². The SMILES string of the molecule is CC1(C(=O)N[C@H]2CCCC[C@@H]2O)CCCC1N. The zero-order valence-electron chi connectivity index (χ0n) is 10.6. The Morgan fingerprint density at radius 3 is 2.59 bits per heavy atom. The van der Waals surface area contributed by atoms with Crippen LogP contribution < -0.4 is 11.1 Å². The molecule has 0 aromatic heterocycles. The monoisotopic (exact) mass is 240 g/mol. The molecule has 0 aliphatic heterocycles. The van der Waals surface area contributed by atoms with Gasteiger partial charge in [0.25, 0.3) is 0 Å². The minimum atomic E-state index is -0.433. The zero-order chi connectivity index (χ0) is 12.5. The maximum Gasteiger partial charge on any atom is 0.227 e. The van der Waals surface area contributed by atoms with Crippen LogP contribution in [0.4, 0.5) is 0 Å². The lowest BCUT2D eigenvalue weighted by Gasteiger charge is -2.34. The van der Waals surface area contributed by atoms with E-state index in [2.05, 4.69) is 5.32 Å². The van der Waals surface area contributed by atoms with Gasteiger partial charge in [0.1, 0.15) is 0 Å². The first-order valence-electron chi connectivity index (χ1n) is 6.78. The molecule has 4 heteroatoms. The molecule has 0 saturated heterocycles. The van der Waals surface area contributed by atoms with Gasteiger partial charge in [-0.1, -0.05) is 19.3 Å². The molecule has 4 nitrogen and oxygen atoms in total. The summed E-state index contributed by atoms with van der Waals surface area (Å²) in [5, 5.41) is 12.9. The van der Waals surface area contributed by atoms with Gasteiger partial charge in [-0.05, 0) is 32.6 Å². The van der Waals surface area contributed by atoms with Crippen LogP contribution in [-0.2, 0) is 4.79 Å². The van der Waals surface area contributed by atoms with Gasteiger partial charge in [0.05, 0.1) is 17.6 Å². The summed E-state index contributed by atoms with van der Waals surface area (Å²) in [7, 11) is 0. The molecule has 1 amide bonds.